The Morgan fingerprint density at radius 3 is 1.00 bits per heavy atom. The molecule has 0 atom stereocenters. The predicted molar refractivity (Wildman–Crippen MR) is 101 cm³/mol. The summed E-state index contributed by atoms with van der Waals surface area (Å²) in [5.41, 5.74) is 9.73. The number of hydrogen-bond acceptors (Lipinski definition) is 4. The maximum atomic E-state index is 9.60. The van der Waals surface area contributed by atoms with Gasteiger partial charge in [0.1, 0.15) is 0 Å². The summed E-state index contributed by atoms with van der Waals surface area (Å²) in [6, 6.07) is 10.3. The van der Waals surface area contributed by atoms with Crippen molar-refractivity contribution >= 4 is 24.1 Å². The first-order chi connectivity index (χ1) is 12.1. The predicted octanol–water partition coefficient (Wildman–Crippen LogP) is 2.54. The average Bonchev–Trinajstić information content (AvgIpc) is 2.47. The van der Waals surface area contributed by atoms with Crippen molar-refractivity contribution < 1.29 is 39.6 Å². The first kappa shape index (κ1) is 31.0. The second kappa shape index (κ2) is 20.2. The van der Waals surface area contributed by atoms with Crippen molar-refractivity contribution in [3.05, 3.63) is 60.2 Å². The molecule has 0 bridgehead atoms. The number of primary amides is 2. The Morgan fingerprint density at radius 2 is 0.926 bits per heavy atom. The normalized spacial score (nSPS) is 7.37. The molecule has 1 rings (SSSR count). The van der Waals surface area contributed by atoms with E-state index in [9.17, 15) is 9.59 Å². The number of aliphatic carboxylic acids is 2. The Hall–Kier alpha value is -3.82. The van der Waals surface area contributed by atoms with E-state index in [0.29, 0.717) is 0 Å². The van der Waals surface area contributed by atoms with Crippen LogP contribution in [0, 0.1) is 6.92 Å². The van der Waals surface area contributed by atoms with Crippen LogP contribution in [0.4, 0.5) is 9.59 Å². The number of carbonyl (C=O) groups is 4. The van der Waals surface area contributed by atoms with Crippen molar-refractivity contribution in [2.75, 3.05) is 0 Å². The molecular formula is C17H26N2O8. The standard InChI is InChI=1S/C7H8.2C4H6O2.2CH3NO2/c1-7-5-3-2-4-6-7;2*1-3(2)4(5)6;2*2-1(3)4/h2-6H,1H3;2*1H2,2H3,(H,5,6);2*2H2,(H,3,4). The zero-order valence-corrected chi connectivity index (χ0v) is 15.4. The van der Waals surface area contributed by atoms with Gasteiger partial charge in [0.15, 0.2) is 0 Å². The molecule has 0 fully saturated rings. The van der Waals surface area contributed by atoms with E-state index < -0.39 is 24.1 Å². The minimum atomic E-state index is -1.33. The van der Waals surface area contributed by atoms with Gasteiger partial charge >= 0.3 is 24.1 Å². The molecule has 0 heterocycles. The number of nitrogens with two attached hydrogens (primary N) is 2. The number of aryl methyl sites for hydroxylation is 1. The zero-order chi connectivity index (χ0) is 22.6. The zero-order valence-electron chi connectivity index (χ0n) is 15.4. The Morgan fingerprint density at radius 1 is 0.741 bits per heavy atom. The molecule has 27 heavy (non-hydrogen) atoms. The van der Waals surface area contributed by atoms with Crippen LogP contribution in [0.15, 0.2) is 54.6 Å². The Labute approximate surface area is 157 Å². The average molecular weight is 386 g/mol. The summed E-state index contributed by atoms with van der Waals surface area (Å²) in [5, 5.41) is 30.2. The largest absolute Gasteiger partial charge is 0.478 e. The van der Waals surface area contributed by atoms with Gasteiger partial charge < -0.3 is 31.9 Å². The number of hydrogen-bond donors (Lipinski definition) is 6. The maximum absolute atomic E-state index is 9.60. The van der Waals surface area contributed by atoms with Gasteiger partial charge in [0.25, 0.3) is 0 Å². The highest BCUT2D eigenvalue weighted by atomic mass is 16.4. The third-order valence-electron chi connectivity index (χ3n) is 1.67. The van der Waals surface area contributed by atoms with E-state index in [2.05, 4.69) is 43.7 Å². The smallest absolute Gasteiger partial charge is 0.402 e. The topological polar surface area (TPSA) is 201 Å². The van der Waals surface area contributed by atoms with Gasteiger partial charge in [-0.15, -0.1) is 0 Å². The van der Waals surface area contributed by atoms with Crippen LogP contribution in [-0.2, 0) is 9.59 Å². The monoisotopic (exact) mass is 386 g/mol. The van der Waals surface area contributed by atoms with Crippen LogP contribution < -0.4 is 11.5 Å². The van der Waals surface area contributed by atoms with Crippen molar-refractivity contribution in [2.45, 2.75) is 20.8 Å². The fraction of sp³-hybridized carbons (Fsp3) is 0.176. The Kier molecular flexibility index (Phi) is 23.2. The summed E-state index contributed by atoms with van der Waals surface area (Å²) >= 11 is 0. The van der Waals surface area contributed by atoms with E-state index in [1.54, 1.807) is 0 Å². The number of carboxylic acids is 2. The van der Waals surface area contributed by atoms with Crippen LogP contribution in [0.5, 0.6) is 0 Å². The van der Waals surface area contributed by atoms with Crippen LogP contribution in [0.1, 0.15) is 19.4 Å². The third-order valence-corrected chi connectivity index (χ3v) is 1.67. The van der Waals surface area contributed by atoms with Gasteiger partial charge in [-0.1, -0.05) is 49.1 Å². The number of benzene rings is 1. The fourth-order valence-electron chi connectivity index (χ4n) is 0.534. The van der Waals surface area contributed by atoms with E-state index in [0.717, 1.165) is 0 Å². The van der Waals surface area contributed by atoms with Gasteiger partial charge in [-0.3, -0.25) is 0 Å². The van der Waals surface area contributed by atoms with Crippen molar-refractivity contribution in [1.29, 1.82) is 0 Å². The van der Waals surface area contributed by atoms with Crippen molar-refractivity contribution in [3.63, 3.8) is 0 Å². The number of rotatable bonds is 2. The molecule has 0 aliphatic carbocycles. The van der Waals surface area contributed by atoms with Gasteiger partial charge in [0.05, 0.1) is 0 Å². The Bertz CT molecular complexity index is 545. The molecule has 1 aromatic rings. The molecule has 10 nitrogen and oxygen atoms in total. The van der Waals surface area contributed by atoms with Gasteiger partial charge in [0.2, 0.25) is 0 Å². The van der Waals surface area contributed by atoms with Crippen LogP contribution in [0.2, 0.25) is 0 Å². The molecule has 0 unspecified atom stereocenters. The van der Waals surface area contributed by atoms with E-state index >= 15 is 0 Å². The summed E-state index contributed by atoms with van der Waals surface area (Å²) in [5.74, 6) is -1.87. The van der Waals surface area contributed by atoms with Crippen LogP contribution in [0.25, 0.3) is 0 Å². The third kappa shape index (κ3) is 60.9. The first-order valence-electron chi connectivity index (χ1n) is 6.91. The first-order valence-corrected chi connectivity index (χ1v) is 6.91. The molecule has 0 aromatic heterocycles. The molecule has 0 saturated carbocycles. The molecule has 152 valence electrons. The van der Waals surface area contributed by atoms with E-state index in [4.69, 9.17) is 30.0 Å². The van der Waals surface area contributed by atoms with Crippen molar-refractivity contribution in [1.82, 2.24) is 0 Å². The summed E-state index contributed by atoms with van der Waals surface area (Å²) in [7, 11) is 0. The van der Waals surface area contributed by atoms with E-state index in [-0.39, 0.29) is 11.1 Å². The minimum absolute atomic E-state index is 0.176. The molecule has 2 amide bonds. The number of carboxylic acid groups (broad SMARTS) is 4. The van der Waals surface area contributed by atoms with Gasteiger partial charge in [-0.25, -0.2) is 19.2 Å². The summed E-state index contributed by atoms with van der Waals surface area (Å²) in [6.07, 6.45) is -2.67. The van der Waals surface area contributed by atoms with Gasteiger partial charge in [-0.2, -0.15) is 0 Å². The maximum Gasteiger partial charge on any atom is 0.402 e. The summed E-state index contributed by atoms with van der Waals surface area (Å²) < 4.78 is 0. The highest BCUT2D eigenvalue weighted by Crippen LogP contribution is 1.92. The van der Waals surface area contributed by atoms with E-state index in [1.807, 2.05) is 18.2 Å². The van der Waals surface area contributed by atoms with Crippen LogP contribution >= 0.6 is 0 Å². The molecule has 0 aliphatic rings. The van der Waals surface area contributed by atoms with Gasteiger partial charge in [-0.05, 0) is 20.8 Å². The highest BCUT2D eigenvalue weighted by molar-refractivity contribution is 5.85. The van der Waals surface area contributed by atoms with Crippen LogP contribution in [-0.4, -0.2) is 44.6 Å². The lowest BCUT2D eigenvalue weighted by Gasteiger charge is -1.82. The molecule has 0 saturated heterocycles. The van der Waals surface area contributed by atoms with Crippen LogP contribution in [0.3, 0.4) is 0 Å². The molecule has 1 aromatic carbocycles. The van der Waals surface area contributed by atoms with Crippen molar-refractivity contribution in [3.8, 4) is 0 Å². The quantitative estimate of drug-likeness (QED) is 0.416. The SMILES string of the molecule is C=C(C)C(=O)O.C=C(C)C(=O)O.Cc1ccccc1.NC(=O)O.NC(=O)O. The number of amides is 2. The molecule has 0 spiro atoms. The lowest BCUT2D eigenvalue weighted by Crippen LogP contribution is -2.03. The molecule has 0 aliphatic heterocycles. The Balaban J connectivity index is -0.000000125. The molecule has 8 N–H and O–H groups in total. The summed E-state index contributed by atoms with van der Waals surface area (Å²) in [6.45, 7) is 11.3. The fourth-order valence-corrected chi connectivity index (χ4v) is 0.534. The second-order valence-corrected chi connectivity index (χ2v) is 4.50. The molecular weight excluding hydrogens is 360 g/mol. The van der Waals surface area contributed by atoms with E-state index in [1.165, 1.54) is 19.4 Å². The molecule has 10 heteroatoms. The summed E-state index contributed by atoms with van der Waals surface area (Å²) in [4.78, 5) is 36.8. The minimum Gasteiger partial charge on any atom is -0.478 e. The second-order valence-electron chi connectivity index (χ2n) is 4.50. The molecule has 0 radical (unpaired) electrons. The highest BCUT2D eigenvalue weighted by Gasteiger charge is 1.90. The lowest BCUT2D eigenvalue weighted by molar-refractivity contribution is -0.133. The lowest BCUT2D eigenvalue weighted by atomic mass is 10.2. The van der Waals surface area contributed by atoms with Gasteiger partial charge in [0, 0.05) is 11.1 Å². The van der Waals surface area contributed by atoms with Crippen molar-refractivity contribution in [2.24, 2.45) is 11.5 Å².